The highest BCUT2D eigenvalue weighted by Crippen LogP contribution is 2.01. The molecule has 1 fully saturated rings. The number of halogens is 1. The van der Waals surface area contributed by atoms with E-state index in [-0.39, 0.29) is 5.97 Å². The fraction of sp³-hybridized carbons (Fsp3) is 0.800. The van der Waals surface area contributed by atoms with Crippen molar-refractivity contribution in [3.05, 3.63) is 0 Å². The van der Waals surface area contributed by atoms with Crippen molar-refractivity contribution in [3.8, 4) is 0 Å². The van der Waals surface area contributed by atoms with Crippen LogP contribution in [0.1, 0.15) is 12.8 Å². The van der Waals surface area contributed by atoms with Crippen LogP contribution in [0.25, 0.3) is 0 Å². The lowest BCUT2D eigenvalue weighted by Crippen LogP contribution is -1.88. The van der Waals surface area contributed by atoms with Gasteiger partial charge >= 0.3 is 5.97 Å². The van der Waals surface area contributed by atoms with E-state index in [1.54, 1.807) is 0 Å². The lowest BCUT2D eigenvalue weighted by Gasteiger charge is -1.81. The number of alkyl halides is 1. The predicted octanol–water partition coefficient (Wildman–Crippen LogP) is 0.909. The van der Waals surface area contributed by atoms with Gasteiger partial charge in [0.05, 0.1) is 13.8 Å². The van der Waals surface area contributed by atoms with Crippen LogP contribution in [0.5, 0.6) is 0 Å². The van der Waals surface area contributed by atoms with Gasteiger partial charge in [-0.1, -0.05) is 0 Å². The van der Waals surface area contributed by atoms with Crippen LogP contribution in [0.4, 0.5) is 4.39 Å². The topological polar surface area (TPSA) is 26.3 Å². The van der Waals surface area contributed by atoms with Crippen LogP contribution in [0.15, 0.2) is 0 Å². The minimum absolute atomic E-state index is 0.0463. The van der Waals surface area contributed by atoms with E-state index in [2.05, 4.69) is 4.74 Å². The monoisotopic (exact) mass is 120 g/mol. The molecule has 0 atom stereocenters. The summed E-state index contributed by atoms with van der Waals surface area (Å²) in [5.41, 5.74) is 0. The van der Waals surface area contributed by atoms with E-state index in [4.69, 9.17) is 0 Å². The number of hydrogen-bond acceptors (Lipinski definition) is 2. The molecule has 0 radical (unpaired) electrons. The number of carbonyl (C=O) groups is 1. The van der Waals surface area contributed by atoms with Crippen LogP contribution in [-0.4, -0.2) is 19.8 Å². The van der Waals surface area contributed by atoms with Gasteiger partial charge in [0.2, 0.25) is 0 Å². The molecular weight excluding hydrogens is 111 g/mol. The lowest BCUT2D eigenvalue weighted by molar-refractivity contribution is -0.137. The van der Waals surface area contributed by atoms with Crippen LogP contribution in [-0.2, 0) is 9.53 Å². The first kappa shape index (κ1) is 7.40. The average molecular weight is 120 g/mol. The number of hydrogen-bond donors (Lipinski definition) is 0. The zero-order chi connectivity index (χ0) is 6.41. The van der Waals surface area contributed by atoms with Gasteiger partial charge in [0.1, 0.15) is 0 Å². The van der Waals surface area contributed by atoms with Gasteiger partial charge in [-0.25, -0.2) is 0 Å². The van der Waals surface area contributed by atoms with Gasteiger partial charge in [-0.2, -0.15) is 0 Å². The Balaban J connectivity index is 0.000000222. The van der Waals surface area contributed by atoms with Gasteiger partial charge in [0.15, 0.2) is 0 Å². The second kappa shape index (κ2) is 4.56. The van der Waals surface area contributed by atoms with Gasteiger partial charge in [-0.3, -0.25) is 9.18 Å². The van der Waals surface area contributed by atoms with Crippen LogP contribution in [0.3, 0.4) is 0 Å². The molecule has 0 aromatic heterocycles. The van der Waals surface area contributed by atoms with E-state index in [0.717, 1.165) is 6.42 Å². The molecule has 48 valence electrons. The smallest absolute Gasteiger partial charge is 0.305 e. The minimum Gasteiger partial charge on any atom is -0.466 e. The van der Waals surface area contributed by atoms with Crippen LogP contribution in [0.2, 0.25) is 0 Å². The van der Waals surface area contributed by atoms with E-state index in [0.29, 0.717) is 20.2 Å². The Morgan fingerprint density at radius 1 is 1.62 bits per heavy atom. The first-order chi connectivity index (χ1) is 3.89. The third-order valence-electron chi connectivity index (χ3n) is 0.788. The lowest BCUT2D eigenvalue weighted by atomic mass is 10.4. The van der Waals surface area contributed by atoms with Crippen molar-refractivity contribution >= 4 is 5.97 Å². The van der Waals surface area contributed by atoms with E-state index >= 15 is 0 Å². The largest absolute Gasteiger partial charge is 0.466 e. The van der Waals surface area contributed by atoms with Crippen LogP contribution < -0.4 is 0 Å². The maximum Gasteiger partial charge on any atom is 0.305 e. The molecule has 1 aliphatic rings. The maximum atomic E-state index is 10.0. The third-order valence-corrected chi connectivity index (χ3v) is 0.788. The summed E-state index contributed by atoms with van der Waals surface area (Å²) in [4.78, 5) is 10.0. The summed E-state index contributed by atoms with van der Waals surface area (Å²) in [5.74, 6) is -0.0463. The van der Waals surface area contributed by atoms with Crippen molar-refractivity contribution in [1.82, 2.24) is 0 Å². The number of ether oxygens (including phenoxy) is 1. The molecule has 1 aliphatic heterocycles. The van der Waals surface area contributed by atoms with Crippen molar-refractivity contribution in [1.29, 1.82) is 0 Å². The SMILES string of the molecule is CF.O=C1CCCO1. The molecule has 0 unspecified atom stereocenters. The summed E-state index contributed by atoms with van der Waals surface area (Å²) in [6.45, 7) is 0.638. The van der Waals surface area contributed by atoms with E-state index in [1.807, 2.05) is 0 Å². The number of rotatable bonds is 0. The summed E-state index contributed by atoms with van der Waals surface area (Å²) in [6.07, 6.45) is 1.54. The average Bonchev–Trinajstić information content (AvgIpc) is 2.24. The van der Waals surface area contributed by atoms with Crippen LogP contribution >= 0.6 is 0 Å². The van der Waals surface area contributed by atoms with E-state index < -0.39 is 0 Å². The molecule has 0 amide bonds. The molecule has 0 aliphatic carbocycles. The van der Waals surface area contributed by atoms with Crippen molar-refractivity contribution < 1.29 is 13.9 Å². The Morgan fingerprint density at radius 2 is 2.25 bits per heavy atom. The molecule has 0 saturated carbocycles. The molecule has 0 N–H and O–H groups in total. The van der Waals surface area contributed by atoms with Crippen molar-refractivity contribution in [2.75, 3.05) is 13.8 Å². The van der Waals surface area contributed by atoms with Gasteiger partial charge in [-0.05, 0) is 6.42 Å². The van der Waals surface area contributed by atoms with Crippen LogP contribution in [0, 0.1) is 0 Å². The van der Waals surface area contributed by atoms with Crippen molar-refractivity contribution in [3.63, 3.8) is 0 Å². The molecule has 8 heavy (non-hydrogen) atoms. The number of esters is 1. The second-order valence-corrected chi connectivity index (χ2v) is 1.32. The number of carbonyl (C=O) groups excluding carboxylic acids is 1. The molecule has 0 spiro atoms. The molecule has 0 bridgehead atoms. The molecule has 0 aromatic rings. The summed E-state index contributed by atoms with van der Waals surface area (Å²) >= 11 is 0. The zero-order valence-corrected chi connectivity index (χ0v) is 4.82. The second-order valence-electron chi connectivity index (χ2n) is 1.32. The Hall–Kier alpha value is -0.600. The third kappa shape index (κ3) is 2.55. The molecule has 1 heterocycles. The Labute approximate surface area is 47.6 Å². The standard InChI is InChI=1S/C4H6O2.CH3F/c5-4-2-1-3-6-4;1-2/h1-3H2;1H3. The van der Waals surface area contributed by atoms with Gasteiger partial charge < -0.3 is 4.74 Å². The van der Waals surface area contributed by atoms with Gasteiger partial charge in [0, 0.05) is 6.42 Å². The van der Waals surface area contributed by atoms with Crippen molar-refractivity contribution in [2.24, 2.45) is 0 Å². The summed E-state index contributed by atoms with van der Waals surface area (Å²) < 4.78 is 14.0. The quantitative estimate of drug-likeness (QED) is 0.444. The molecule has 2 nitrogen and oxygen atoms in total. The summed E-state index contributed by atoms with van der Waals surface area (Å²) in [7, 11) is 0.500. The van der Waals surface area contributed by atoms with E-state index in [1.165, 1.54) is 0 Å². The molecular formula is C5H9FO2. The highest BCUT2D eigenvalue weighted by atomic mass is 19.1. The Morgan fingerprint density at radius 3 is 2.38 bits per heavy atom. The predicted molar refractivity (Wildman–Crippen MR) is 27.2 cm³/mol. The normalized spacial score (nSPS) is 16.5. The zero-order valence-electron chi connectivity index (χ0n) is 4.82. The minimum atomic E-state index is -0.0463. The molecule has 3 heteroatoms. The first-order valence-corrected chi connectivity index (χ1v) is 2.43. The Bertz CT molecular complexity index is 64.8. The highest BCUT2D eigenvalue weighted by Gasteiger charge is 2.08. The van der Waals surface area contributed by atoms with E-state index in [9.17, 15) is 9.18 Å². The fourth-order valence-electron chi connectivity index (χ4n) is 0.475. The summed E-state index contributed by atoms with van der Waals surface area (Å²) in [5, 5.41) is 0. The summed E-state index contributed by atoms with van der Waals surface area (Å²) in [6, 6.07) is 0. The first-order valence-electron chi connectivity index (χ1n) is 2.43. The fourth-order valence-corrected chi connectivity index (χ4v) is 0.475. The maximum absolute atomic E-state index is 10.0. The number of cyclic esters (lactones) is 1. The highest BCUT2D eigenvalue weighted by molar-refractivity contribution is 5.70. The molecule has 1 rings (SSSR count). The Kier molecular flexibility index (Phi) is 4.21. The van der Waals surface area contributed by atoms with Gasteiger partial charge in [-0.15, -0.1) is 0 Å². The van der Waals surface area contributed by atoms with Gasteiger partial charge in [0.25, 0.3) is 0 Å². The molecule has 0 aromatic carbocycles. The van der Waals surface area contributed by atoms with Crippen molar-refractivity contribution in [2.45, 2.75) is 12.8 Å². The molecule has 1 saturated heterocycles.